The van der Waals surface area contributed by atoms with Gasteiger partial charge in [-0.3, -0.25) is 11.3 Å². The summed E-state index contributed by atoms with van der Waals surface area (Å²) in [6.45, 7) is 7.27. The molecule has 0 aromatic rings. The van der Waals surface area contributed by atoms with E-state index in [0.717, 1.165) is 17.8 Å². The molecular formula is C15H30N2. The van der Waals surface area contributed by atoms with Gasteiger partial charge in [0, 0.05) is 6.04 Å². The van der Waals surface area contributed by atoms with Gasteiger partial charge in [-0.25, -0.2) is 0 Å². The van der Waals surface area contributed by atoms with E-state index in [1.807, 2.05) is 0 Å². The van der Waals surface area contributed by atoms with Crippen LogP contribution < -0.4 is 11.3 Å². The number of nitrogens with two attached hydrogens (primary N) is 1. The minimum atomic E-state index is 0.455. The Morgan fingerprint density at radius 1 is 1.06 bits per heavy atom. The maximum atomic E-state index is 5.91. The van der Waals surface area contributed by atoms with Crippen molar-refractivity contribution in [2.75, 3.05) is 0 Å². The second kappa shape index (κ2) is 5.27. The van der Waals surface area contributed by atoms with E-state index in [-0.39, 0.29) is 0 Å². The van der Waals surface area contributed by atoms with Gasteiger partial charge >= 0.3 is 0 Å². The van der Waals surface area contributed by atoms with Crippen LogP contribution in [-0.4, -0.2) is 6.04 Å². The van der Waals surface area contributed by atoms with Gasteiger partial charge in [0.05, 0.1) is 0 Å². The molecule has 0 saturated heterocycles. The normalized spacial score (nSPS) is 39.2. The Labute approximate surface area is 107 Å². The van der Waals surface area contributed by atoms with Crippen molar-refractivity contribution in [3.8, 4) is 0 Å². The Bertz CT molecular complexity index is 235. The number of hydrogen-bond donors (Lipinski definition) is 2. The highest BCUT2D eigenvalue weighted by Crippen LogP contribution is 2.46. The molecule has 0 radical (unpaired) electrons. The predicted octanol–water partition coefficient (Wildman–Crippen LogP) is 3.47. The molecule has 0 amide bonds. The Kier molecular flexibility index (Phi) is 4.14. The topological polar surface area (TPSA) is 38.0 Å². The average molecular weight is 238 g/mol. The lowest BCUT2D eigenvalue weighted by Crippen LogP contribution is -2.52. The number of hydrogen-bond acceptors (Lipinski definition) is 2. The van der Waals surface area contributed by atoms with Crippen LogP contribution in [0.5, 0.6) is 0 Å². The van der Waals surface area contributed by atoms with Crippen molar-refractivity contribution in [3.63, 3.8) is 0 Å². The van der Waals surface area contributed by atoms with Crippen LogP contribution in [0.4, 0.5) is 0 Å². The highest BCUT2D eigenvalue weighted by molar-refractivity contribution is 4.96. The molecule has 0 aromatic heterocycles. The molecule has 2 rings (SSSR count). The van der Waals surface area contributed by atoms with E-state index in [0.29, 0.717) is 11.5 Å². The van der Waals surface area contributed by atoms with Crippen molar-refractivity contribution < 1.29 is 0 Å². The Morgan fingerprint density at radius 2 is 1.59 bits per heavy atom. The first-order valence-corrected chi connectivity index (χ1v) is 7.51. The van der Waals surface area contributed by atoms with Crippen molar-refractivity contribution in [2.24, 2.45) is 29.0 Å². The average Bonchev–Trinajstić information content (AvgIpc) is 2.65. The van der Waals surface area contributed by atoms with E-state index in [4.69, 9.17) is 5.84 Å². The monoisotopic (exact) mass is 238 g/mol. The Balaban J connectivity index is 2.06. The van der Waals surface area contributed by atoms with Crippen LogP contribution in [0.3, 0.4) is 0 Å². The van der Waals surface area contributed by atoms with Crippen LogP contribution in [0.25, 0.3) is 0 Å². The van der Waals surface area contributed by atoms with Crippen LogP contribution in [0.2, 0.25) is 0 Å². The number of rotatable bonds is 3. The molecule has 2 saturated carbocycles. The fourth-order valence-electron chi connectivity index (χ4n) is 4.68. The SMILES string of the molecule is CC1CC(C)CC(C(NN)C2(C)CCCC2)C1. The molecule has 3 N–H and O–H groups in total. The van der Waals surface area contributed by atoms with Gasteiger partial charge in [-0.2, -0.15) is 0 Å². The first-order chi connectivity index (χ1) is 8.05. The van der Waals surface area contributed by atoms with E-state index in [2.05, 4.69) is 26.2 Å². The van der Waals surface area contributed by atoms with Gasteiger partial charge in [0.15, 0.2) is 0 Å². The highest BCUT2D eigenvalue weighted by Gasteiger charge is 2.42. The fraction of sp³-hybridized carbons (Fsp3) is 1.00. The van der Waals surface area contributed by atoms with Gasteiger partial charge in [-0.05, 0) is 55.3 Å². The van der Waals surface area contributed by atoms with Crippen molar-refractivity contribution in [1.29, 1.82) is 0 Å². The van der Waals surface area contributed by atoms with Crippen LogP contribution in [0.1, 0.15) is 65.7 Å². The van der Waals surface area contributed by atoms with Crippen LogP contribution >= 0.6 is 0 Å². The molecule has 100 valence electrons. The smallest absolute Gasteiger partial charge is 0.0292 e. The molecule has 2 nitrogen and oxygen atoms in total. The van der Waals surface area contributed by atoms with E-state index in [1.54, 1.807) is 0 Å². The van der Waals surface area contributed by atoms with Gasteiger partial charge in [0.25, 0.3) is 0 Å². The number of nitrogens with one attached hydrogen (secondary N) is 1. The molecule has 2 aliphatic carbocycles. The van der Waals surface area contributed by atoms with Crippen LogP contribution in [-0.2, 0) is 0 Å². The molecule has 2 heteroatoms. The molecule has 0 bridgehead atoms. The molecule has 0 aromatic carbocycles. The van der Waals surface area contributed by atoms with Gasteiger partial charge in [-0.15, -0.1) is 0 Å². The first kappa shape index (κ1) is 13.4. The van der Waals surface area contributed by atoms with Crippen molar-refractivity contribution in [2.45, 2.75) is 71.8 Å². The quantitative estimate of drug-likeness (QED) is 0.583. The van der Waals surface area contributed by atoms with E-state index in [9.17, 15) is 0 Å². The van der Waals surface area contributed by atoms with Gasteiger partial charge in [-0.1, -0.05) is 33.6 Å². The summed E-state index contributed by atoms with van der Waals surface area (Å²) in [5.74, 6) is 8.46. The minimum Gasteiger partial charge on any atom is -0.271 e. The summed E-state index contributed by atoms with van der Waals surface area (Å²) in [6, 6.07) is 0.537. The third-order valence-corrected chi connectivity index (χ3v) is 5.36. The van der Waals surface area contributed by atoms with Gasteiger partial charge < -0.3 is 0 Å². The molecule has 0 spiro atoms. The molecule has 3 unspecified atom stereocenters. The van der Waals surface area contributed by atoms with Crippen LogP contribution in [0, 0.1) is 23.2 Å². The second-order valence-electron chi connectivity index (χ2n) is 7.18. The molecule has 0 heterocycles. The molecule has 3 atom stereocenters. The number of hydrazine groups is 1. The largest absolute Gasteiger partial charge is 0.271 e. The first-order valence-electron chi connectivity index (χ1n) is 7.51. The maximum Gasteiger partial charge on any atom is 0.0292 e. The van der Waals surface area contributed by atoms with E-state index in [1.165, 1.54) is 44.9 Å². The van der Waals surface area contributed by atoms with Crippen LogP contribution in [0.15, 0.2) is 0 Å². The standard InChI is InChI=1S/C15H30N2/c1-11-8-12(2)10-13(9-11)14(17-16)15(3)6-4-5-7-15/h11-14,17H,4-10,16H2,1-3H3. The summed E-state index contributed by atoms with van der Waals surface area (Å²) >= 11 is 0. The summed E-state index contributed by atoms with van der Waals surface area (Å²) in [7, 11) is 0. The lowest BCUT2D eigenvalue weighted by Gasteiger charge is -2.43. The molecule has 0 aliphatic heterocycles. The summed E-state index contributed by atoms with van der Waals surface area (Å²) in [5.41, 5.74) is 3.65. The predicted molar refractivity (Wildman–Crippen MR) is 73.4 cm³/mol. The highest BCUT2D eigenvalue weighted by atomic mass is 15.2. The summed E-state index contributed by atoms with van der Waals surface area (Å²) < 4.78 is 0. The third-order valence-electron chi connectivity index (χ3n) is 5.36. The van der Waals surface area contributed by atoms with Crippen molar-refractivity contribution in [3.05, 3.63) is 0 Å². The van der Waals surface area contributed by atoms with Gasteiger partial charge in [0.2, 0.25) is 0 Å². The lowest BCUT2D eigenvalue weighted by molar-refractivity contribution is 0.0952. The lowest BCUT2D eigenvalue weighted by atomic mass is 9.66. The third kappa shape index (κ3) is 2.85. The van der Waals surface area contributed by atoms with E-state index < -0.39 is 0 Å². The minimum absolute atomic E-state index is 0.455. The zero-order chi connectivity index (χ0) is 12.5. The zero-order valence-corrected chi connectivity index (χ0v) is 11.8. The summed E-state index contributed by atoms with van der Waals surface area (Å²) in [5, 5.41) is 0. The van der Waals surface area contributed by atoms with E-state index >= 15 is 0 Å². The van der Waals surface area contributed by atoms with Crippen molar-refractivity contribution in [1.82, 2.24) is 5.43 Å². The fourth-order valence-corrected chi connectivity index (χ4v) is 4.68. The van der Waals surface area contributed by atoms with Crippen molar-refractivity contribution >= 4 is 0 Å². The Morgan fingerprint density at radius 3 is 2.06 bits per heavy atom. The maximum absolute atomic E-state index is 5.91. The molecule has 2 aliphatic rings. The second-order valence-corrected chi connectivity index (χ2v) is 7.18. The summed E-state index contributed by atoms with van der Waals surface area (Å²) in [4.78, 5) is 0. The molecule has 17 heavy (non-hydrogen) atoms. The molecule has 2 fully saturated rings. The summed E-state index contributed by atoms with van der Waals surface area (Å²) in [6.07, 6.45) is 9.66. The molecular weight excluding hydrogens is 208 g/mol. The zero-order valence-electron chi connectivity index (χ0n) is 11.8. The van der Waals surface area contributed by atoms with Gasteiger partial charge in [0.1, 0.15) is 0 Å². The Hall–Kier alpha value is -0.0800.